The lowest BCUT2D eigenvalue weighted by Gasteiger charge is -2.27. The molecule has 0 saturated heterocycles. The molecule has 0 aliphatic rings. The maximum Gasteiger partial charge on any atom is 0.326 e. The molecule has 1 N–H and O–H groups in total. The lowest BCUT2D eigenvalue weighted by molar-refractivity contribution is -0.158. The van der Waals surface area contributed by atoms with Crippen molar-refractivity contribution in [2.75, 3.05) is 13.6 Å². The maximum absolute atomic E-state index is 12.6. The van der Waals surface area contributed by atoms with Gasteiger partial charge in [0, 0.05) is 7.05 Å². The normalized spacial score (nSPS) is 12.6. The van der Waals surface area contributed by atoms with Gasteiger partial charge in [-0.1, -0.05) is 19.9 Å². The highest BCUT2D eigenvalue weighted by Gasteiger charge is 2.29. The summed E-state index contributed by atoms with van der Waals surface area (Å²) in [5, 5.41) is 4.55. The molecule has 1 unspecified atom stereocenters. The second kappa shape index (κ2) is 8.28. The molecule has 1 aromatic heterocycles. The molecule has 1 heterocycles. The van der Waals surface area contributed by atoms with Crippen LogP contribution in [-0.2, 0) is 14.3 Å². The molecule has 0 saturated carbocycles. The lowest BCUT2D eigenvalue weighted by Crippen LogP contribution is -2.51. The summed E-state index contributed by atoms with van der Waals surface area (Å²) < 4.78 is 5.22. The summed E-state index contributed by atoms with van der Waals surface area (Å²) in [6, 6.07) is 2.78. The fraction of sp³-hybridized carbons (Fsp3) is 0.588. The van der Waals surface area contributed by atoms with Gasteiger partial charge in [-0.25, -0.2) is 0 Å². The summed E-state index contributed by atoms with van der Waals surface area (Å²) in [5.74, 6) is -1.20. The topological polar surface area (TPSA) is 75.7 Å². The molecular weight excluding hydrogens is 328 g/mol. The van der Waals surface area contributed by atoms with Gasteiger partial charge in [-0.05, 0) is 38.1 Å². The van der Waals surface area contributed by atoms with Crippen LogP contribution in [0.3, 0.4) is 0 Å². The van der Waals surface area contributed by atoms with Gasteiger partial charge in [0.15, 0.2) is 0 Å². The van der Waals surface area contributed by atoms with E-state index in [9.17, 15) is 14.4 Å². The zero-order chi connectivity index (χ0) is 18.5. The summed E-state index contributed by atoms with van der Waals surface area (Å²) >= 11 is 1.31. The van der Waals surface area contributed by atoms with E-state index in [-0.39, 0.29) is 24.3 Å². The van der Waals surface area contributed by atoms with Crippen molar-refractivity contribution in [1.29, 1.82) is 0 Å². The third-order valence-corrected chi connectivity index (χ3v) is 4.00. The Morgan fingerprint density at radius 1 is 1.29 bits per heavy atom. The number of likely N-dealkylation sites (N-methyl/N-ethyl adjacent to an activating group) is 1. The highest BCUT2D eigenvalue weighted by Crippen LogP contribution is 2.12. The first-order chi connectivity index (χ1) is 11.0. The standard InChI is InChI=1S/C17H26N2O4S/c1-11(2)14(18-15(21)12-8-7-9-24-12)16(22)19(6)10-13(20)23-17(3,4)5/h7-9,11,14H,10H2,1-6H3,(H,18,21). The van der Waals surface area contributed by atoms with Crippen molar-refractivity contribution in [3.63, 3.8) is 0 Å². The SMILES string of the molecule is CC(C)C(NC(=O)c1cccs1)C(=O)N(C)CC(=O)OC(C)(C)C. The summed E-state index contributed by atoms with van der Waals surface area (Å²) in [6.07, 6.45) is 0. The second-order valence-corrected chi connectivity index (χ2v) is 7.90. The number of esters is 1. The zero-order valence-electron chi connectivity index (χ0n) is 15.1. The van der Waals surface area contributed by atoms with Gasteiger partial charge in [0.25, 0.3) is 5.91 Å². The minimum atomic E-state index is -0.702. The number of hydrogen-bond acceptors (Lipinski definition) is 5. The summed E-state index contributed by atoms with van der Waals surface area (Å²) in [5.41, 5.74) is -0.605. The van der Waals surface area contributed by atoms with Crippen LogP contribution in [0.15, 0.2) is 17.5 Å². The number of nitrogens with one attached hydrogen (secondary N) is 1. The van der Waals surface area contributed by atoms with Gasteiger partial charge < -0.3 is 15.0 Å². The average Bonchev–Trinajstić information content (AvgIpc) is 2.95. The first-order valence-electron chi connectivity index (χ1n) is 7.82. The van der Waals surface area contributed by atoms with Crippen molar-refractivity contribution >= 4 is 29.1 Å². The number of ether oxygens (including phenoxy) is 1. The smallest absolute Gasteiger partial charge is 0.326 e. The van der Waals surface area contributed by atoms with Crippen LogP contribution in [0.4, 0.5) is 0 Å². The van der Waals surface area contributed by atoms with E-state index in [2.05, 4.69) is 5.32 Å². The van der Waals surface area contributed by atoms with Gasteiger partial charge in [-0.2, -0.15) is 0 Å². The minimum absolute atomic E-state index is 0.109. The first kappa shape index (κ1) is 20.2. The highest BCUT2D eigenvalue weighted by atomic mass is 32.1. The lowest BCUT2D eigenvalue weighted by atomic mass is 10.0. The number of nitrogens with zero attached hydrogens (tertiary/aromatic N) is 1. The Morgan fingerprint density at radius 3 is 2.38 bits per heavy atom. The number of rotatable bonds is 6. The molecule has 1 atom stereocenters. The molecule has 24 heavy (non-hydrogen) atoms. The van der Waals surface area contributed by atoms with Gasteiger partial charge in [0.05, 0.1) is 4.88 Å². The molecule has 134 valence electrons. The first-order valence-corrected chi connectivity index (χ1v) is 8.70. The van der Waals surface area contributed by atoms with Crippen LogP contribution in [0.1, 0.15) is 44.3 Å². The summed E-state index contributed by atoms with van der Waals surface area (Å²) in [6.45, 7) is 8.84. The Kier molecular flexibility index (Phi) is 6.95. The molecule has 0 aromatic carbocycles. The van der Waals surface area contributed by atoms with E-state index in [0.717, 1.165) is 0 Å². The van der Waals surface area contributed by atoms with Crippen molar-refractivity contribution in [1.82, 2.24) is 10.2 Å². The van der Waals surface area contributed by atoms with Crippen LogP contribution in [0.25, 0.3) is 0 Å². The number of hydrogen-bond donors (Lipinski definition) is 1. The Balaban J connectivity index is 2.72. The predicted octanol–water partition coefficient (Wildman–Crippen LogP) is 2.30. The quantitative estimate of drug-likeness (QED) is 0.796. The van der Waals surface area contributed by atoms with Gasteiger partial charge in [0.1, 0.15) is 18.2 Å². The average molecular weight is 354 g/mol. The number of amides is 2. The molecule has 1 aromatic rings. The van der Waals surface area contributed by atoms with E-state index < -0.39 is 17.6 Å². The highest BCUT2D eigenvalue weighted by molar-refractivity contribution is 7.12. The predicted molar refractivity (Wildman–Crippen MR) is 93.9 cm³/mol. The number of thiophene rings is 1. The van der Waals surface area contributed by atoms with Crippen LogP contribution in [0, 0.1) is 5.92 Å². The molecule has 0 bridgehead atoms. The monoisotopic (exact) mass is 354 g/mol. The fourth-order valence-electron chi connectivity index (χ4n) is 2.02. The van der Waals surface area contributed by atoms with Crippen LogP contribution in [-0.4, -0.2) is 47.9 Å². The number of carbonyl (C=O) groups excluding carboxylic acids is 3. The molecule has 2 amide bonds. The van der Waals surface area contributed by atoms with Crippen molar-refractivity contribution in [2.45, 2.75) is 46.3 Å². The van der Waals surface area contributed by atoms with E-state index in [4.69, 9.17) is 4.74 Å². The molecular formula is C17H26N2O4S. The molecule has 0 fully saturated rings. The van der Waals surface area contributed by atoms with Gasteiger partial charge in [-0.3, -0.25) is 14.4 Å². The largest absolute Gasteiger partial charge is 0.459 e. The maximum atomic E-state index is 12.6. The third kappa shape index (κ3) is 6.31. The second-order valence-electron chi connectivity index (χ2n) is 6.95. The fourth-order valence-corrected chi connectivity index (χ4v) is 2.64. The van der Waals surface area contributed by atoms with Crippen molar-refractivity contribution in [3.05, 3.63) is 22.4 Å². The van der Waals surface area contributed by atoms with Crippen molar-refractivity contribution < 1.29 is 19.1 Å². The van der Waals surface area contributed by atoms with Gasteiger partial charge in [0.2, 0.25) is 5.91 Å². The Hall–Kier alpha value is -1.89. The van der Waals surface area contributed by atoms with E-state index in [1.54, 1.807) is 38.3 Å². The Morgan fingerprint density at radius 2 is 1.92 bits per heavy atom. The van der Waals surface area contributed by atoms with Gasteiger partial charge >= 0.3 is 5.97 Å². The molecule has 7 heteroatoms. The van der Waals surface area contributed by atoms with Crippen LogP contribution < -0.4 is 5.32 Å². The van der Waals surface area contributed by atoms with Crippen LogP contribution in [0.2, 0.25) is 0 Å². The molecule has 1 rings (SSSR count). The molecule has 0 spiro atoms. The van der Waals surface area contributed by atoms with Crippen LogP contribution >= 0.6 is 11.3 Å². The van der Waals surface area contributed by atoms with E-state index in [0.29, 0.717) is 4.88 Å². The Labute approximate surface area is 147 Å². The zero-order valence-corrected chi connectivity index (χ0v) is 15.9. The van der Waals surface area contributed by atoms with E-state index in [1.807, 2.05) is 13.8 Å². The molecule has 6 nitrogen and oxygen atoms in total. The van der Waals surface area contributed by atoms with E-state index >= 15 is 0 Å². The summed E-state index contributed by atoms with van der Waals surface area (Å²) in [4.78, 5) is 38.5. The van der Waals surface area contributed by atoms with E-state index in [1.165, 1.54) is 23.3 Å². The minimum Gasteiger partial charge on any atom is -0.459 e. The third-order valence-electron chi connectivity index (χ3n) is 3.13. The summed E-state index contributed by atoms with van der Waals surface area (Å²) in [7, 11) is 1.53. The van der Waals surface area contributed by atoms with Crippen molar-refractivity contribution in [3.8, 4) is 0 Å². The molecule has 0 aliphatic carbocycles. The number of carbonyl (C=O) groups is 3. The van der Waals surface area contributed by atoms with Crippen LogP contribution in [0.5, 0.6) is 0 Å². The molecule has 0 radical (unpaired) electrons. The Bertz CT molecular complexity index is 576. The van der Waals surface area contributed by atoms with Gasteiger partial charge in [-0.15, -0.1) is 11.3 Å². The van der Waals surface area contributed by atoms with Crippen molar-refractivity contribution in [2.24, 2.45) is 5.92 Å². The molecule has 0 aliphatic heterocycles.